The van der Waals surface area contributed by atoms with Crippen molar-refractivity contribution in [3.63, 3.8) is 0 Å². The first-order chi connectivity index (χ1) is 9.30. The van der Waals surface area contributed by atoms with Gasteiger partial charge in [0.05, 0.1) is 13.2 Å². The minimum absolute atomic E-state index is 0. The smallest absolute Gasteiger partial charge is 0.383 e. The molecular formula is C12H24F3IN4O. The standard InChI is InChI=1S/C12H23F3N4O.HI/c1-9(7-20-2)18-11(16)17-5-10-3-4-19(6-10)8-12(13,14)15;/h9-10H,3-8H2,1-2H3,(H3,16,17,18);1H. The molecule has 21 heavy (non-hydrogen) atoms. The topological polar surface area (TPSA) is 62.9 Å². The number of likely N-dealkylation sites (tertiary alicyclic amines) is 1. The summed E-state index contributed by atoms with van der Waals surface area (Å²) < 4.78 is 41.7. The van der Waals surface area contributed by atoms with Gasteiger partial charge >= 0.3 is 6.18 Å². The molecule has 0 radical (unpaired) electrons. The van der Waals surface area contributed by atoms with Gasteiger partial charge in [0.1, 0.15) is 0 Å². The Bertz CT molecular complexity index is 328. The van der Waals surface area contributed by atoms with Gasteiger partial charge in [-0.05, 0) is 25.8 Å². The third-order valence-corrected chi connectivity index (χ3v) is 3.10. The second-order valence-corrected chi connectivity index (χ2v) is 5.23. The summed E-state index contributed by atoms with van der Waals surface area (Å²) in [6, 6.07) is 0.0501. The van der Waals surface area contributed by atoms with Gasteiger partial charge in [-0.1, -0.05) is 0 Å². The van der Waals surface area contributed by atoms with Gasteiger partial charge in [-0.3, -0.25) is 9.89 Å². The van der Waals surface area contributed by atoms with Crippen LogP contribution >= 0.6 is 24.0 Å². The molecule has 0 aromatic rings. The lowest BCUT2D eigenvalue weighted by Gasteiger charge is -2.17. The molecule has 9 heteroatoms. The quantitative estimate of drug-likeness (QED) is 0.385. The number of rotatable bonds is 6. The van der Waals surface area contributed by atoms with E-state index in [0.717, 1.165) is 6.42 Å². The Morgan fingerprint density at radius 1 is 1.52 bits per heavy atom. The molecule has 0 saturated carbocycles. The molecule has 0 aromatic carbocycles. The van der Waals surface area contributed by atoms with Crippen molar-refractivity contribution in [3.05, 3.63) is 0 Å². The van der Waals surface area contributed by atoms with Gasteiger partial charge in [-0.15, -0.1) is 24.0 Å². The van der Waals surface area contributed by atoms with E-state index in [1.54, 1.807) is 7.11 Å². The maximum atomic E-state index is 12.3. The molecule has 3 N–H and O–H groups in total. The fourth-order valence-corrected chi connectivity index (χ4v) is 2.28. The predicted molar refractivity (Wildman–Crippen MR) is 87.0 cm³/mol. The average Bonchev–Trinajstić information content (AvgIpc) is 2.72. The first kappa shape index (κ1) is 20.7. The number of alkyl halides is 3. The molecule has 1 aliphatic rings. The van der Waals surface area contributed by atoms with Crippen LogP contribution in [-0.2, 0) is 4.74 Å². The number of nitrogens with zero attached hydrogens (tertiary/aromatic N) is 2. The molecule has 2 atom stereocenters. The van der Waals surface area contributed by atoms with Crippen LogP contribution in [0, 0.1) is 5.92 Å². The number of ether oxygens (including phenoxy) is 1. The first-order valence-electron chi connectivity index (χ1n) is 6.64. The van der Waals surface area contributed by atoms with Crippen LogP contribution in [0.5, 0.6) is 0 Å². The summed E-state index contributed by atoms with van der Waals surface area (Å²) >= 11 is 0. The molecule has 0 bridgehead atoms. The van der Waals surface area contributed by atoms with Crippen molar-refractivity contribution in [1.82, 2.24) is 10.2 Å². The fraction of sp³-hybridized carbons (Fsp3) is 0.917. The van der Waals surface area contributed by atoms with E-state index in [9.17, 15) is 13.2 Å². The first-order valence-corrected chi connectivity index (χ1v) is 6.64. The van der Waals surface area contributed by atoms with E-state index in [2.05, 4.69) is 10.3 Å². The molecule has 1 heterocycles. The molecule has 1 fully saturated rings. The Hall–Kier alpha value is -0.290. The van der Waals surface area contributed by atoms with Gasteiger partial charge in [0.2, 0.25) is 0 Å². The summed E-state index contributed by atoms with van der Waals surface area (Å²) in [5.41, 5.74) is 5.71. The van der Waals surface area contributed by atoms with E-state index in [1.165, 1.54) is 4.90 Å². The molecule has 5 nitrogen and oxygen atoms in total. The van der Waals surface area contributed by atoms with Crippen LogP contribution < -0.4 is 11.1 Å². The van der Waals surface area contributed by atoms with Crippen LogP contribution in [0.1, 0.15) is 13.3 Å². The van der Waals surface area contributed by atoms with E-state index in [-0.39, 0.29) is 35.9 Å². The number of hydrogen-bond donors (Lipinski definition) is 2. The number of hydrogen-bond acceptors (Lipinski definition) is 3. The zero-order valence-electron chi connectivity index (χ0n) is 12.3. The monoisotopic (exact) mass is 424 g/mol. The molecular weight excluding hydrogens is 400 g/mol. The third kappa shape index (κ3) is 9.35. The van der Waals surface area contributed by atoms with Crippen molar-refractivity contribution in [2.24, 2.45) is 16.6 Å². The Kier molecular flexibility index (Phi) is 9.54. The van der Waals surface area contributed by atoms with E-state index in [4.69, 9.17) is 10.5 Å². The lowest BCUT2D eigenvalue weighted by atomic mass is 10.1. The van der Waals surface area contributed by atoms with Crippen LogP contribution in [0.15, 0.2) is 4.99 Å². The summed E-state index contributed by atoms with van der Waals surface area (Å²) in [5.74, 6) is 0.444. The fourth-order valence-electron chi connectivity index (χ4n) is 2.28. The maximum absolute atomic E-state index is 12.3. The summed E-state index contributed by atoms with van der Waals surface area (Å²) in [7, 11) is 1.60. The zero-order chi connectivity index (χ0) is 15.2. The van der Waals surface area contributed by atoms with Crippen molar-refractivity contribution >= 4 is 29.9 Å². The van der Waals surface area contributed by atoms with Crippen LogP contribution in [0.3, 0.4) is 0 Å². The number of methoxy groups -OCH3 is 1. The van der Waals surface area contributed by atoms with Crippen LogP contribution in [0.25, 0.3) is 0 Å². The number of nitrogens with one attached hydrogen (secondary N) is 1. The van der Waals surface area contributed by atoms with Crippen molar-refractivity contribution in [1.29, 1.82) is 0 Å². The highest BCUT2D eigenvalue weighted by atomic mass is 127. The molecule has 1 aliphatic heterocycles. The molecule has 1 rings (SSSR count). The predicted octanol–water partition coefficient (Wildman–Crippen LogP) is 1.43. The maximum Gasteiger partial charge on any atom is 0.401 e. The van der Waals surface area contributed by atoms with Gasteiger partial charge in [0, 0.05) is 26.2 Å². The molecule has 0 aliphatic carbocycles. The SMILES string of the molecule is COCC(C)NC(N)=NCC1CCN(CC(F)(F)F)C1.I. The third-order valence-electron chi connectivity index (χ3n) is 3.10. The van der Waals surface area contributed by atoms with Crippen LogP contribution in [0.4, 0.5) is 13.2 Å². The second kappa shape index (κ2) is 9.67. The van der Waals surface area contributed by atoms with Gasteiger partial charge in [-0.25, -0.2) is 0 Å². The molecule has 126 valence electrons. The summed E-state index contributed by atoms with van der Waals surface area (Å²) in [5, 5.41) is 2.96. The van der Waals surface area contributed by atoms with E-state index in [1.807, 2.05) is 6.92 Å². The average molecular weight is 424 g/mol. The zero-order valence-corrected chi connectivity index (χ0v) is 14.6. The normalized spacial score (nSPS) is 22.0. The van der Waals surface area contributed by atoms with Gasteiger partial charge in [0.25, 0.3) is 0 Å². The molecule has 1 saturated heterocycles. The number of aliphatic imine (C=N–C) groups is 1. The van der Waals surface area contributed by atoms with E-state index in [0.29, 0.717) is 32.2 Å². The van der Waals surface area contributed by atoms with E-state index >= 15 is 0 Å². The van der Waals surface area contributed by atoms with Crippen molar-refractivity contribution in [2.45, 2.75) is 25.6 Å². The van der Waals surface area contributed by atoms with Crippen molar-refractivity contribution < 1.29 is 17.9 Å². The van der Waals surface area contributed by atoms with Crippen LogP contribution in [-0.4, -0.2) is 63.0 Å². The van der Waals surface area contributed by atoms with Crippen molar-refractivity contribution in [3.8, 4) is 0 Å². The Balaban J connectivity index is 0.00000400. The Morgan fingerprint density at radius 3 is 2.76 bits per heavy atom. The van der Waals surface area contributed by atoms with Gasteiger partial charge in [0.15, 0.2) is 5.96 Å². The lowest BCUT2D eigenvalue weighted by Crippen LogP contribution is -2.41. The van der Waals surface area contributed by atoms with E-state index < -0.39 is 12.7 Å². The minimum atomic E-state index is -4.13. The highest BCUT2D eigenvalue weighted by Gasteiger charge is 2.34. The Morgan fingerprint density at radius 2 is 2.19 bits per heavy atom. The highest BCUT2D eigenvalue weighted by molar-refractivity contribution is 14.0. The Labute approximate surface area is 140 Å². The van der Waals surface area contributed by atoms with Gasteiger partial charge < -0.3 is 15.8 Å². The van der Waals surface area contributed by atoms with Gasteiger partial charge in [-0.2, -0.15) is 13.2 Å². The summed E-state index contributed by atoms with van der Waals surface area (Å²) in [6.07, 6.45) is -3.41. The number of halogens is 4. The molecule has 0 aromatic heterocycles. The van der Waals surface area contributed by atoms with Crippen molar-refractivity contribution in [2.75, 3.05) is 39.9 Å². The summed E-state index contributed by atoms with van der Waals surface area (Å²) in [6.45, 7) is 2.92. The second-order valence-electron chi connectivity index (χ2n) is 5.23. The number of nitrogens with two attached hydrogens (primary N) is 1. The van der Waals surface area contributed by atoms with Crippen LogP contribution in [0.2, 0.25) is 0 Å². The minimum Gasteiger partial charge on any atom is -0.383 e. The molecule has 0 amide bonds. The lowest BCUT2D eigenvalue weighted by molar-refractivity contribution is -0.143. The number of guanidine groups is 1. The summed E-state index contributed by atoms with van der Waals surface area (Å²) in [4.78, 5) is 5.59. The highest BCUT2D eigenvalue weighted by Crippen LogP contribution is 2.22. The molecule has 2 unspecified atom stereocenters. The largest absolute Gasteiger partial charge is 0.401 e. The molecule has 0 spiro atoms.